The number of likely N-dealkylation sites (tertiary alicyclic amines) is 1. The second kappa shape index (κ2) is 8.19. The maximum absolute atomic E-state index is 12.8. The van der Waals surface area contributed by atoms with Crippen LogP contribution in [0.4, 0.5) is 0 Å². The molecule has 0 radical (unpaired) electrons. The van der Waals surface area contributed by atoms with Crippen molar-refractivity contribution in [2.45, 2.75) is 24.0 Å². The number of hydrogen-bond donors (Lipinski definition) is 1. The summed E-state index contributed by atoms with van der Waals surface area (Å²) in [5, 5.41) is 0. The van der Waals surface area contributed by atoms with Gasteiger partial charge in [0.1, 0.15) is 6.04 Å². The fourth-order valence-corrected chi connectivity index (χ4v) is 4.63. The molecule has 1 aliphatic rings. The van der Waals surface area contributed by atoms with Crippen LogP contribution in [0.25, 0.3) is 0 Å². The summed E-state index contributed by atoms with van der Waals surface area (Å²) >= 11 is 0. The lowest BCUT2D eigenvalue weighted by Gasteiger charge is -2.45. The summed E-state index contributed by atoms with van der Waals surface area (Å²) in [7, 11) is 1.44. The van der Waals surface area contributed by atoms with E-state index < -0.39 is 11.6 Å². The van der Waals surface area contributed by atoms with Crippen LogP contribution in [0.3, 0.4) is 0 Å². The minimum Gasteiger partial charge on any atom is -0.468 e. The van der Waals surface area contributed by atoms with E-state index in [-0.39, 0.29) is 12.0 Å². The van der Waals surface area contributed by atoms with Gasteiger partial charge in [0, 0.05) is 12.6 Å². The number of esters is 1. The standard InChI is InChI=1S/C25H26N2O2/c1-29-24(28)23-17-22(26)18-27(23)25(19-11-5-2-6-12-19,20-13-7-3-8-14-20)21-15-9-4-10-16-21/h2-16,22-23H,17-18,26H2,1H3/t22?,23-/m1/s1. The number of hydrogen-bond acceptors (Lipinski definition) is 4. The van der Waals surface area contributed by atoms with Crippen LogP contribution in [0, 0.1) is 0 Å². The largest absolute Gasteiger partial charge is 0.468 e. The Morgan fingerprint density at radius 2 is 1.28 bits per heavy atom. The average Bonchev–Trinajstić information content (AvgIpc) is 3.18. The lowest BCUT2D eigenvalue weighted by Crippen LogP contribution is -2.53. The van der Waals surface area contributed by atoms with Gasteiger partial charge in [0.05, 0.1) is 12.6 Å². The lowest BCUT2D eigenvalue weighted by molar-refractivity contribution is -0.147. The number of carbonyl (C=O) groups is 1. The van der Waals surface area contributed by atoms with Crippen molar-refractivity contribution in [1.82, 2.24) is 4.90 Å². The first-order valence-corrected chi connectivity index (χ1v) is 9.94. The van der Waals surface area contributed by atoms with Crippen molar-refractivity contribution in [2.24, 2.45) is 5.73 Å². The van der Waals surface area contributed by atoms with E-state index in [9.17, 15) is 4.79 Å². The Labute approximate surface area is 171 Å². The molecule has 3 aromatic carbocycles. The van der Waals surface area contributed by atoms with Crippen LogP contribution in [-0.2, 0) is 15.1 Å². The predicted octanol–water partition coefficient (Wildman–Crippen LogP) is 3.55. The Balaban J connectivity index is 2.04. The SMILES string of the molecule is COC(=O)[C@H]1CC(N)CN1C(c1ccccc1)(c1ccccc1)c1ccccc1. The molecule has 0 bridgehead atoms. The molecule has 0 saturated carbocycles. The normalized spacial score (nSPS) is 19.8. The van der Waals surface area contributed by atoms with Crippen LogP contribution in [-0.4, -0.2) is 36.6 Å². The molecule has 3 aromatic rings. The molecule has 2 atom stereocenters. The first-order chi connectivity index (χ1) is 14.2. The molecular formula is C25H26N2O2. The van der Waals surface area contributed by atoms with E-state index in [1.807, 2.05) is 54.6 Å². The molecule has 0 aliphatic carbocycles. The van der Waals surface area contributed by atoms with Crippen LogP contribution in [0.2, 0.25) is 0 Å². The molecule has 1 unspecified atom stereocenters. The fraction of sp³-hybridized carbons (Fsp3) is 0.240. The Morgan fingerprint density at radius 3 is 1.66 bits per heavy atom. The van der Waals surface area contributed by atoms with Crippen molar-refractivity contribution >= 4 is 5.97 Å². The highest BCUT2D eigenvalue weighted by molar-refractivity contribution is 5.77. The Morgan fingerprint density at radius 1 is 0.862 bits per heavy atom. The average molecular weight is 386 g/mol. The van der Waals surface area contributed by atoms with Crippen LogP contribution in [0.1, 0.15) is 23.1 Å². The summed E-state index contributed by atoms with van der Waals surface area (Å²) in [6.07, 6.45) is 0.570. The summed E-state index contributed by atoms with van der Waals surface area (Å²) < 4.78 is 5.18. The molecule has 29 heavy (non-hydrogen) atoms. The smallest absolute Gasteiger partial charge is 0.323 e. The molecule has 2 N–H and O–H groups in total. The van der Waals surface area contributed by atoms with E-state index in [1.54, 1.807) is 0 Å². The molecule has 0 amide bonds. The third-order valence-electron chi connectivity index (χ3n) is 5.81. The van der Waals surface area contributed by atoms with Gasteiger partial charge in [-0.1, -0.05) is 91.0 Å². The highest BCUT2D eigenvalue weighted by Gasteiger charge is 2.51. The highest BCUT2D eigenvalue weighted by Crippen LogP contribution is 2.45. The molecule has 0 aromatic heterocycles. The molecular weight excluding hydrogens is 360 g/mol. The highest BCUT2D eigenvalue weighted by atomic mass is 16.5. The number of rotatable bonds is 5. The summed E-state index contributed by atoms with van der Waals surface area (Å²) in [5.41, 5.74) is 9.03. The number of nitrogens with zero attached hydrogens (tertiary/aromatic N) is 1. The Hall–Kier alpha value is -2.95. The first kappa shape index (κ1) is 19.4. The van der Waals surface area contributed by atoms with Gasteiger partial charge >= 0.3 is 5.97 Å². The monoisotopic (exact) mass is 386 g/mol. The second-order valence-electron chi connectivity index (χ2n) is 7.50. The van der Waals surface area contributed by atoms with Crippen molar-refractivity contribution in [3.63, 3.8) is 0 Å². The third-order valence-corrected chi connectivity index (χ3v) is 5.81. The van der Waals surface area contributed by atoms with Crippen molar-refractivity contribution < 1.29 is 9.53 Å². The number of benzene rings is 3. The number of methoxy groups -OCH3 is 1. The Kier molecular flexibility index (Phi) is 5.47. The zero-order valence-corrected chi connectivity index (χ0v) is 16.6. The molecule has 1 aliphatic heterocycles. The molecule has 148 valence electrons. The minimum atomic E-state index is -0.656. The van der Waals surface area contributed by atoms with E-state index in [4.69, 9.17) is 10.5 Å². The van der Waals surface area contributed by atoms with Gasteiger partial charge in [-0.05, 0) is 23.1 Å². The molecule has 4 heteroatoms. The van der Waals surface area contributed by atoms with Gasteiger partial charge in [-0.3, -0.25) is 9.69 Å². The van der Waals surface area contributed by atoms with Crippen molar-refractivity contribution in [2.75, 3.05) is 13.7 Å². The summed E-state index contributed by atoms with van der Waals surface area (Å²) in [5.74, 6) is -0.245. The summed E-state index contributed by atoms with van der Waals surface area (Å²) in [6, 6.07) is 30.5. The van der Waals surface area contributed by atoms with Gasteiger partial charge in [-0.25, -0.2) is 0 Å². The van der Waals surface area contributed by atoms with Gasteiger partial charge in [-0.2, -0.15) is 0 Å². The molecule has 4 nitrogen and oxygen atoms in total. The van der Waals surface area contributed by atoms with Gasteiger partial charge in [0.15, 0.2) is 0 Å². The van der Waals surface area contributed by atoms with E-state index in [0.29, 0.717) is 13.0 Å². The summed E-state index contributed by atoms with van der Waals surface area (Å²) in [6.45, 7) is 0.596. The zero-order chi connectivity index (χ0) is 20.3. The summed E-state index contributed by atoms with van der Waals surface area (Å²) in [4.78, 5) is 15.0. The van der Waals surface area contributed by atoms with Gasteiger partial charge in [0.25, 0.3) is 0 Å². The number of ether oxygens (including phenoxy) is 1. The van der Waals surface area contributed by atoms with E-state index in [1.165, 1.54) is 7.11 Å². The van der Waals surface area contributed by atoms with Crippen molar-refractivity contribution in [1.29, 1.82) is 0 Å². The van der Waals surface area contributed by atoms with Crippen molar-refractivity contribution in [3.8, 4) is 0 Å². The molecule has 1 saturated heterocycles. The van der Waals surface area contributed by atoms with Crippen molar-refractivity contribution in [3.05, 3.63) is 108 Å². The molecule has 4 rings (SSSR count). The maximum Gasteiger partial charge on any atom is 0.323 e. The van der Waals surface area contributed by atoms with Gasteiger partial charge in [-0.15, -0.1) is 0 Å². The third kappa shape index (κ3) is 3.35. The maximum atomic E-state index is 12.8. The Bertz CT molecular complexity index is 848. The van der Waals surface area contributed by atoms with Crippen LogP contribution >= 0.6 is 0 Å². The minimum absolute atomic E-state index is 0.102. The molecule has 1 heterocycles. The fourth-order valence-electron chi connectivity index (χ4n) is 4.63. The van der Waals surface area contributed by atoms with E-state index in [2.05, 4.69) is 41.3 Å². The van der Waals surface area contributed by atoms with Crippen LogP contribution in [0.5, 0.6) is 0 Å². The second-order valence-corrected chi connectivity index (χ2v) is 7.50. The zero-order valence-electron chi connectivity index (χ0n) is 16.6. The van der Waals surface area contributed by atoms with E-state index in [0.717, 1.165) is 16.7 Å². The molecule has 0 spiro atoms. The van der Waals surface area contributed by atoms with E-state index >= 15 is 0 Å². The topological polar surface area (TPSA) is 55.6 Å². The lowest BCUT2D eigenvalue weighted by atomic mass is 9.75. The quantitative estimate of drug-likeness (QED) is 0.538. The van der Waals surface area contributed by atoms with Crippen LogP contribution < -0.4 is 5.73 Å². The number of carbonyl (C=O) groups excluding carboxylic acids is 1. The van der Waals surface area contributed by atoms with Crippen LogP contribution in [0.15, 0.2) is 91.0 Å². The first-order valence-electron chi connectivity index (χ1n) is 9.94. The number of nitrogens with two attached hydrogens (primary N) is 1. The molecule has 1 fully saturated rings. The van der Waals surface area contributed by atoms with Gasteiger partial charge in [0.2, 0.25) is 0 Å². The van der Waals surface area contributed by atoms with Gasteiger partial charge < -0.3 is 10.5 Å². The predicted molar refractivity (Wildman–Crippen MR) is 114 cm³/mol.